The summed E-state index contributed by atoms with van der Waals surface area (Å²) in [5.41, 5.74) is 15.7. The minimum Gasteiger partial charge on any atom is -0.456 e. The van der Waals surface area contributed by atoms with E-state index < -0.39 is 0 Å². The van der Waals surface area contributed by atoms with E-state index in [1.54, 1.807) is 0 Å². The fraction of sp³-hybridized carbons (Fsp3) is 0. The van der Waals surface area contributed by atoms with Crippen LogP contribution in [0.25, 0.3) is 82.8 Å². The van der Waals surface area contributed by atoms with Gasteiger partial charge in [0.15, 0.2) is 0 Å². The summed E-state index contributed by atoms with van der Waals surface area (Å²) >= 11 is 0. The third-order valence-electron chi connectivity index (χ3n) is 11.2. The summed E-state index contributed by atoms with van der Waals surface area (Å²) < 4.78 is 8.60. The fourth-order valence-electron chi connectivity index (χ4n) is 8.51. The summed E-state index contributed by atoms with van der Waals surface area (Å²) in [4.78, 5) is 2.34. The second-order valence-corrected chi connectivity index (χ2v) is 14.5. The Labute approximate surface area is 330 Å². The zero-order chi connectivity index (χ0) is 37.7. The standard InChI is InChI=1S/C54H36N2O/c1-2-12-37(13-3-1)38-24-30-42(31-25-38)55(44-34-28-40(29-35-44)46-19-11-23-53-54(46)49-18-6-9-22-52(49)57-53)43-32-26-39(27-33-43)41-14-10-15-45(36-41)56-50-20-7-4-16-47(50)48-17-5-8-21-51(48)56/h1-36H. The molecule has 2 aromatic heterocycles. The number of anilines is 3. The summed E-state index contributed by atoms with van der Waals surface area (Å²) in [6, 6.07) is 78.1. The zero-order valence-corrected chi connectivity index (χ0v) is 31.1. The molecule has 0 spiro atoms. The number of para-hydroxylation sites is 3. The van der Waals surface area contributed by atoms with Gasteiger partial charge < -0.3 is 13.9 Å². The topological polar surface area (TPSA) is 21.3 Å². The number of hydrogen-bond donors (Lipinski definition) is 0. The lowest BCUT2D eigenvalue weighted by atomic mass is 9.99. The molecule has 0 aliphatic heterocycles. The van der Waals surface area contributed by atoms with Gasteiger partial charge in [0.25, 0.3) is 0 Å². The van der Waals surface area contributed by atoms with Crippen molar-refractivity contribution in [2.45, 2.75) is 0 Å². The molecule has 3 nitrogen and oxygen atoms in total. The van der Waals surface area contributed by atoms with Crippen molar-refractivity contribution in [3.8, 4) is 39.1 Å². The van der Waals surface area contributed by atoms with Gasteiger partial charge in [-0.15, -0.1) is 0 Å². The van der Waals surface area contributed by atoms with E-state index in [9.17, 15) is 0 Å². The first-order chi connectivity index (χ1) is 28.3. The Morgan fingerprint density at radius 1 is 0.333 bits per heavy atom. The number of nitrogens with zero attached hydrogens (tertiary/aromatic N) is 2. The first kappa shape index (κ1) is 32.8. The summed E-state index contributed by atoms with van der Waals surface area (Å²) in [6.45, 7) is 0. The number of furan rings is 1. The molecule has 11 rings (SSSR count). The van der Waals surface area contributed by atoms with Gasteiger partial charge in [0.05, 0.1) is 11.0 Å². The van der Waals surface area contributed by atoms with Crippen molar-refractivity contribution in [3.63, 3.8) is 0 Å². The van der Waals surface area contributed by atoms with E-state index in [4.69, 9.17) is 4.42 Å². The Hall–Kier alpha value is -7.62. The van der Waals surface area contributed by atoms with E-state index in [0.29, 0.717) is 0 Å². The molecule has 0 N–H and O–H groups in total. The van der Waals surface area contributed by atoms with Crippen LogP contribution in [0.2, 0.25) is 0 Å². The fourth-order valence-corrected chi connectivity index (χ4v) is 8.51. The van der Waals surface area contributed by atoms with E-state index in [2.05, 4.69) is 216 Å². The predicted molar refractivity (Wildman–Crippen MR) is 239 cm³/mol. The lowest BCUT2D eigenvalue weighted by Crippen LogP contribution is -2.09. The van der Waals surface area contributed by atoms with Gasteiger partial charge in [0, 0.05) is 44.3 Å². The maximum Gasteiger partial charge on any atom is 0.136 e. The second-order valence-electron chi connectivity index (χ2n) is 14.5. The minimum atomic E-state index is 0.901. The van der Waals surface area contributed by atoms with E-state index in [1.165, 1.54) is 38.5 Å². The average Bonchev–Trinajstić information content (AvgIpc) is 3.84. The van der Waals surface area contributed by atoms with Gasteiger partial charge in [-0.3, -0.25) is 0 Å². The molecule has 0 saturated heterocycles. The zero-order valence-electron chi connectivity index (χ0n) is 31.1. The van der Waals surface area contributed by atoms with Crippen LogP contribution < -0.4 is 4.90 Å². The first-order valence-corrected chi connectivity index (χ1v) is 19.4. The molecule has 268 valence electrons. The molecule has 3 heteroatoms. The average molecular weight is 729 g/mol. The number of rotatable bonds is 7. The molecule has 0 aliphatic carbocycles. The smallest absolute Gasteiger partial charge is 0.136 e. The number of hydrogen-bond acceptors (Lipinski definition) is 2. The lowest BCUT2D eigenvalue weighted by molar-refractivity contribution is 0.669. The Kier molecular flexibility index (Phi) is 7.82. The molecule has 0 fully saturated rings. The summed E-state index contributed by atoms with van der Waals surface area (Å²) in [5.74, 6) is 0. The Morgan fingerprint density at radius 3 is 1.46 bits per heavy atom. The SMILES string of the molecule is c1ccc(-c2ccc(N(c3ccc(-c4cccc(-n5c6ccccc6c6ccccc65)c4)cc3)c3ccc(-c4cccc5oc6ccccc6c45)cc3)cc2)cc1. The molecule has 0 amide bonds. The highest BCUT2D eigenvalue weighted by Crippen LogP contribution is 2.41. The highest BCUT2D eigenvalue weighted by atomic mass is 16.3. The highest BCUT2D eigenvalue weighted by Gasteiger charge is 2.17. The molecule has 0 atom stereocenters. The molecule has 0 aliphatic rings. The van der Waals surface area contributed by atoms with Crippen LogP contribution >= 0.6 is 0 Å². The predicted octanol–water partition coefficient (Wildman–Crippen LogP) is 15.2. The molecule has 0 bridgehead atoms. The van der Waals surface area contributed by atoms with Crippen molar-refractivity contribution in [1.29, 1.82) is 0 Å². The molecule has 2 heterocycles. The van der Waals surface area contributed by atoms with Gasteiger partial charge in [-0.1, -0.05) is 146 Å². The quantitative estimate of drug-likeness (QED) is 0.163. The van der Waals surface area contributed by atoms with E-state index in [0.717, 1.165) is 61.4 Å². The normalized spacial score (nSPS) is 11.5. The first-order valence-electron chi connectivity index (χ1n) is 19.4. The van der Waals surface area contributed by atoms with Crippen molar-refractivity contribution in [2.24, 2.45) is 0 Å². The Morgan fingerprint density at radius 2 is 0.807 bits per heavy atom. The van der Waals surface area contributed by atoms with Crippen LogP contribution in [0.15, 0.2) is 223 Å². The highest BCUT2D eigenvalue weighted by molar-refractivity contribution is 6.12. The monoisotopic (exact) mass is 728 g/mol. The third kappa shape index (κ3) is 5.68. The van der Waals surface area contributed by atoms with Crippen molar-refractivity contribution in [3.05, 3.63) is 218 Å². The van der Waals surface area contributed by atoms with Gasteiger partial charge in [-0.2, -0.15) is 0 Å². The van der Waals surface area contributed by atoms with Crippen LogP contribution in [0, 0.1) is 0 Å². The van der Waals surface area contributed by atoms with Crippen LogP contribution in [0.4, 0.5) is 17.1 Å². The maximum absolute atomic E-state index is 6.23. The minimum absolute atomic E-state index is 0.901. The van der Waals surface area contributed by atoms with Gasteiger partial charge >= 0.3 is 0 Å². The van der Waals surface area contributed by atoms with Crippen molar-refractivity contribution < 1.29 is 4.42 Å². The van der Waals surface area contributed by atoms with Crippen LogP contribution in [0.1, 0.15) is 0 Å². The maximum atomic E-state index is 6.23. The molecule has 57 heavy (non-hydrogen) atoms. The van der Waals surface area contributed by atoms with Crippen molar-refractivity contribution >= 4 is 60.8 Å². The number of fused-ring (bicyclic) bond motifs is 6. The largest absolute Gasteiger partial charge is 0.456 e. The van der Waals surface area contributed by atoms with Crippen LogP contribution in [-0.4, -0.2) is 4.57 Å². The van der Waals surface area contributed by atoms with Gasteiger partial charge in [0.1, 0.15) is 11.2 Å². The molecule has 0 saturated carbocycles. The molecule has 11 aromatic rings. The van der Waals surface area contributed by atoms with Crippen molar-refractivity contribution in [2.75, 3.05) is 4.90 Å². The summed E-state index contributed by atoms with van der Waals surface area (Å²) in [6.07, 6.45) is 0. The van der Waals surface area contributed by atoms with Crippen LogP contribution in [0.3, 0.4) is 0 Å². The molecule has 0 radical (unpaired) electrons. The summed E-state index contributed by atoms with van der Waals surface area (Å²) in [7, 11) is 0. The van der Waals surface area contributed by atoms with Crippen molar-refractivity contribution in [1.82, 2.24) is 4.57 Å². The van der Waals surface area contributed by atoms with Gasteiger partial charge in [0.2, 0.25) is 0 Å². The lowest BCUT2D eigenvalue weighted by Gasteiger charge is -2.26. The molecular formula is C54H36N2O. The van der Waals surface area contributed by atoms with Crippen LogP contribution in [0.5, 0.6) is 0 Å². The van der Waals surface area contributed by atoms with E-state index in [-0.39, 0.29) is 0 Å². The van der Waals surface area contributed by atoms with Gasteiger partial charge in [-0.25, -0.2) is 0 Å². The number of aromatic nitrogens is 1. The van der Waals surface area contributed by atoms with Crippen LogP contribution in [-0.2, 0) is 0 Å². The third-order valence-corrected chi connectivity index (χ3v) is 11.2. The van der Waals surface area contributed by atoms with E-state index in [1.807, 2.05) is 12.1 Å². The molecule has 9 aromatic carbocycles. The Balaban J connectivity index is 0.979. The summed E-state index contributed by atoms with van der Waals surface area (Å²) in [5, 5.41) is 4.81. The second kappa shape index (κ2) is 13.6. The molecule has 0 unspecified atom stereocenters. The molecular weight excluding hydrogens is 693 g/mol. The van der Waals surface area contributed by atoms with Gasteiger partial charge in [-0.05, 0) is 106 Å². The number of benzene rings is 9. The van der Waals surface area contributed by atoms with E-state index >= 15 is 0 Å². The Bertz CT molecular complexity index is 3160.